The number of rotatable bonds is 2. The lowest BCUT2D eigenvalue weighted by Gasteiger charge is -2.13. The monoisotopic (exact) mass is 223 g/mol. The molecule has 1 aliphatic heterocycles. The molecule has 16 heavy (non-hydrogen) atoms. The van der Waals surface area contributed by atoms with Gasteiger partial charge in [0.25, 0.3) is 0 Å². The van der Waals surface area contributed by atoms with Crippen LogP contribution in [-0.4, -0.2) is 23.4 Å². The van der Waals surface area contributed by atoms with Gasteiger partial charge in [0.15, 0.2) is 0 Å². The van der Waals surface area contributed by atoms with Crippen LogP contribution in [0, 0.1) is 5.82 Å². The second-order valence-electron chi connectivity index (χ2n) is 3.48. The molecule has 3 amide bonds. The highest BCUT2D eigenvalue weighted by Crippen LogP contribution is 2.16. The number of halogens is 1. The summed E-state index contributed by atoms with van der Waals surface area (Å²) in [4.78, 5) is 23.6. The summed E-state index contributed by atoms with van der Waals surface area (Å²) in [7, 11) is 0. The molecule has 1 aromatic carbocycles. The molecule has 1 aliphatic rings. The Hall–Kier alpha value is -2.11. The van der Waals surface area contributed by atoms with Crippen LogP contribution in [0.25, 0.3) is 0 Å². The number of urea groups is 1. The van der Waals surface area contributed by atoms with Crippen LogP contribution in [0.15, 0.2) is 18.2 Å². The molecule has 0 radical (unpaired) electrons. The first-order valence-electron chi connectivity index (χ1n) is 4.70. The molecule has 0 aromatic heterocycles. The minimum Gasteiger partial charge on any atom is -0.398 e. The first-order valence-corrected chi connectivity index (χ1v) is 4.70. The van der Waals surface area contributed by atoms with E-state index in [0.29, 0.717) is 5.56 Å². The molecule has 6 heteroatoms. The SMILES string of the molecule is Nc1cc(F)ccc1CN1C(=O)CNC1=O. The number of hydrogen-bond acceptors (Lipinski definition) is 3. The minimum atomic E-state index is -0.450. The van der Waals surface area contributed by atoms with Crippen molar-refractivity contribution in [3.63, 3.8) is 0 Å². The Balaban J connectivity index is 2.20. The summed E-state index contributed by atoms with van der Waals surface area (Å²) in [6.07, 6.45) is 0. The van der Waals surface area contributed by atoms with Gasteiger partial charge in [-0.1, -0.05) is 6.07 Å². The molecule has 2 rings (SSSR count). The van der Waals surface area contributed by atoms with Gasteiger partial charge in [-0.3, -0.25) is 9.69 Å². The zero-order valence-corrected chi connectivity index (χ0v) is 8.37. The van der Waals surface area contributed by atoms with Crippen LogP contribution in [0.1, 0.15) is 5.56 Å². The molecule has 1 fully saturated rings. The van der Waals surface area contributed by atoms with E-state index in [4.69, 9.17) is 5.73 Å². The van der Waals surface area contributed by atoms with Crippen LogP contribution in [0.3, 0.4) is 0 Å². The third-order valence-electron chi connectivity index (χ3n) is 2.37. The van der Waals surface area contributed by atoms with Gasteiger partial charge in [-0.05, 0) is 17.7 Å². The second-order valence-corrected chi connectivity index (χ2v) is 3.48. The molecule has 1 aromatic rings. The molecule has 0 saturated carbocycles. The number of carbonyl (C=O) groups excluding carboxylic acids is 2. The largest absolute Gasteiger partial charge is 0.398 e. The van der Waals surface area contributed by atoms with Gasteiger partial charge in [0.05, 0.1) is 13.1 Å². The quantitative estimate of drug-likeness (QED) is 0.565. The molecule has 1 saturated heterocycles. The predicted octanol–water partition coefficient (Wildman–Crippen LogP) is 0.460. The summed E-state index contributed by atoms with van der Waals surface area (Å²) in [6, 6.07) is 3.41. The van der Waals surface area contributed by atoms with Crippen molar-refractivity contribution in [1.82, 2.24) is 10.2 Å². The predicted molar refractivity (Wildman–Crippen MR) is 54.8 cm³/mol. The minimum absolute atomic E-state index is 0.0000667. The average molecular weight is 223 g/mol. The fourth-order valence-corrected chi connectivity index (χ4v) is 1.50. The van der Waals surface area contributed by atoms with E-state index in [0.717, 1.165) is 11.0 Å². The standard InChI is InChI=1S/C10H10FN3O2/c11-7-2-1-6(8(12)3-7)5-14-9(15)4-13-10(14)16/h1-3H,4-5,12H2,(H,13,16). The van der Waals surface area contributed by atoms with Crippen molar-refractivity contribution in [2.75, 3.05) is 12.3 Å². The normalized spacial score (nSPS) is 15.4. The first-order chi connectivity index (χ1) is 7.58. The lowest BCUT2D eigenvalue weighted by molar-refractivity contribution is -0.125. The third kappa shape index (κ3) is 1.81. The number of nitrogens with two attached hydrogens (primary N) is 1. The van der Waals surface area contributed by atoms with Crippen molar-refractivity contribution in [1.29, 1.82) is 0 Å². The summed E-state index contributed by atoms with van der Waals surface area (Å²) >= 11 is 0. The average Bonchev–Trinajstić information content (AvgIpc) is 2.53. The van der Waals surface area contributed by atoms with E-state index in [1.807, 2.05) is 0 Å². The van der Waals surface area contributed by atoms with Crippen LogP contribution in [0.5, 0.6) is 0 Å². The molecule has 0 spiro atoms. The van der Waals surface area contributed by atoms with E-state index in [-0.39, 0.29) is 24.7 Å². The fraction of sp³-hybridized carbons (Fsp3) is 0.200. The Bertz CT molecular complexity index is 445. The van der Waals surface area contributed by atoms with E-state index in [1.54, 1.807) is 0 Å². The Morgan fingerprint density at radius 3 is 2.75 bits per heavy atom. The van der Waals surface area contributed by atoms with Gasteiger partial charge in [0.1, 0.15) is 5.82 Å². The van der Waals surface area contributed by atoms with Crippen LogP contribution in [-0.2, 0) is 11.3 Å². The van der Waals surface area contributed by atoms with Crippen LogP contribution in [0.4, 0.5) is 14.9 Å². The van der Waals surface area contributed by atoms with E-state index >= 15 is 0 Å². The maximum Gasteiger partial charge on any atom is 0.324 e. The highest BCUT2D eigenvalue weighted by atomic mass is 19.1. The summed E-state index contributed by atoms with van der Waals surface area (Å²) in [5, 5.41) is 2.39. The Morgan fingerprint density at radius 2 is 2.19 bits per heavy atom. The molecular formula is C10H10FN3O2. The molecule has 0 unspecified atom stereocenters. The molecule has 0 aliphatic carbocycles. The topological polar surface area (TPSA) is 75.4 Å². The molecular weight excluding hydrogens is 213 g/mol. The zero-order chi connectivity index (χ0) is 11.7. The lowest BCUT2D eigenvalue weighted by Crippen LogP contribution is -2.30. The summed E-state index contributed by atoms with van der Waals surface area (Å²) in [5.41, 5.74) is 6.36. The summed E-state index contributed by atoms with van der Waals surface area (Å²) in [6.45, 7) is 0.0662. The van der Waals surface area contributed by atoms with Gasteiger partial charge < -0.3 is 11.1 Å². The number of benzene rings is 1. The smallest absolute Gasteiger partial charge is 0.324 e. The number of anilines is 1. The Kier molecular flexibility index (Phi) is 2.47. The van der Waals surface area contributed by atoms with Gasteiger partial charge in [0, 0.05) is 5.69 Å². The number of imide groups is 1. The van der Waals surface area contributed by atoms with Gasteiger partial charge >= 0.3 is 6.03 Å². The van der Waals surface area contributed by atoms with Crippen molar-refractivity contribution in [3.8, 4) is 0 Å². The lowest BCUT2D eigenvalue weighted by atomic mass is 10.1. The van der Waals surface area contributed by atoms with E-state index in [9.17, 15) is 14.0 Å². The van der Waals surface area contributed by atoms with Crippen molar-refractivity contribution in [2.45, 2.75) is 6.54 Å². The fourth-order valence-electron chi connectivity index (χ4n) is 1.50. The van der Waals surface area contributed by atoms with Crippen molar-refractivity contribution < 1.29 is 14.0 Å². The third-order valence-corrected chi connectivity index (χ3v) is 2.37. The number of nitrogen functional groups attached to an aromatic ring is 1. The Labute approximate surface area is 91.0 Å². The Morgan fingerprint density at radius 1 is 1.44 bits per heavy atom. The van der Waals surface area contributed by atoms with Crippen molar-refractivity contribution in [3.05, 3.63) is 29.6 Å². The van der Waals surface area contributed by atoms with Crippen LogP contribution >= 0.6 is 0 Å². The van der Waals surface area contributed by atoms with Crippen molar-refractivity contribution in [2.24, 2.45) is 0 Å². The number of nitrogens with one attached hydrogen (secondary N) is 1. The van der Waals surface area contributed by atoms with E-state index in [2.05, 4.69) is 5.32 Å². The molecule has 0 atom stereocenters. The van der Waals surface area contributed by atoms with Crippen LogP contribution in [0.2, 0.25) is 0 Å². The molecule has 0 bridgehead atoms. The summed E-state index contributed by atoms with van der Waals surface area (Å²) in [5.74, 6) is -0.757. The molecule has 5 nitrogen and oxygen atoms in total. The van der Waals surface area contributed by atoms with Crippen LogP contribution < -0.4 is 11.1 Å². The van der Waals surface area contributed by atoms with Gasteiger partial charge in [-0.2, -0.15) is 0 Å². The van der Waals surface area contributed by atoms with Gasteiger partial charge in [-0.15, -0.1) is 0 Å². The molecule has 3 N–H and O–H groups in total. The highest BCUT2D eigenvalue weighted by Gasteiger charge is 2.28. The maximum atomic E-state index is 12.8. The number of carbonyl (C=O) groups is 2. The number of amides is 3. The first kappa shape index (κ1) is 10.4. The second kappa shape index (κ2) is 3.80. The zero-order valence-electron chi connectivity index (χ0n) is 8.37. The molecule has 84 valence electrons. The van der Waals surface area contributed by atoms with Crippen molar-refractivity contribution >= 4 is 17.6 Å². The molecule has 1 heterocycles. The highest BCUT2D eigenvalue weighted by molar-refractivity contribution is 6.01. The van der Waals surface area contributed by atoms with Gasteiger partial charge in [0.2, 0.25) is 5.91 Å². The maximum absolute atomic E-state index is 12.8. The van der Waals surface area contributed by atoms with E-state index < -0.39 is 11.8 Å². The van der Waals surface area contributed by atoms with Gasteiger partial charge in [-0.25, -0.2) is 9.18 Å². The van der Waals surface area contributed by atoms with E-state index in [1.165, 1.54) is 12.1 Å². The summed E-state index contributed by atoms with van der Waals surface area (Å²) < 4.78 is 12.8. The number of nitrogens with zero attached hydrogens (tertiary/aromatic N) is 1. The number of hydrogen-bond donors (Lipinski definition) is 2.